The Balaban J connectivity index is 2.17. The fourth-order valence-corrected chi connectivity index (χ4v) is 2.76. The number of amides is 1. The standard InChI is InChI=1S/C19H31N3O3/c1-6-19(5,24)12-21-16-8-7-15(20)14-11-22(10-9-13(14)16)17(23)25-18(2,3)4/h7-8,21,24H,6,9-12,20H2,1-5H3. The van der Waals surface area contributed by atoms with Gasteiger partial charge in [0.05, 0.1) is 12.1 Å². The van der Waals surface area contributed by atoms with Crippen molar-refractivity contribution in [2.45, 2.75) is 65.2 Å². The van der Waals surface area contributed by atoms with Gasteiger partial charge in [-0.2, -0.15) is 0 Å². The maximum Gasteiger partial charge on any atom is 0.410 e. The van der Waals surface area contributed by atoms with Crippen LogP contribution in [-0.4, -0.2) is 40.4 Å². The Hall–Kier alpha value is -1.95. The third kappa shape index (κ3) is 5.01. The number of nitrogen functional groups attached to an aromatic ring is 1. The fraction of sp³-hybridized carbons (Fsp3) is 0.632. The van der Waals surface area contributed by atoms with Gasteiger partial charge in [0.15, 0.2) is 0 Å². The first-order chi connectivity index (χ1) is 11.5. The largest absolute Gasteiger partial charge is 0.444 e. The molecule has 0 saturated heterocycles. The summed E-state index contributed by atoms with van der Waals surface area (Å²) >= 11 is 0. The van der Waals surface area contributed by atoms with E-state index in [0.29, 0.717) is 38.2 Å². The van der Waals surface area contributed by atoms with Gasteiger partial charge in [0, 0.05) is 24.5 Å². The van der Waals surface area contributed by atoms with Crippen molar-refractivity contribution in [3.05, 3.63) is 23.3 Å². The highest BCUT2D eigenvalue weighted by Gasteiger charge is 2.28. The molecule has 1 unspecified atom stereocenters. The van der Waals surface area contributed by atoms with Gasteiger partial charge in [-0.15, -0.1) is 0 Å². The Morgan fingerprint density at radius 1 is 1.32 bits per heavy atom. The maximum atomic E-state index is 12.3. The van der Waals surface area contributed by atoms with Gasteiger partial charge >= 0.3 is 6.09 Å². The molecular formula is C19H31N3O3. The van der Waals surface area contributed by atoms with Crippen molar-refractivity contribution in [3.8, 4) is 0 Å². The SMILES string of the molecule is CCC(C)(O)CNc1ccc(N)c2c1CCN(C(=O)OC(C)(C)C)C2. The van der Waals surface area contributed by atoms with Gasteiger partial charge < -0.3 is 25.8 Å². The van der Waals surface area contributed by atoms with Crippen molar-refractivity contribution < 1.29 is 14.6 Å². The highest BCUT2D eigenvalue weighted by atomic mass is 16.6. The van der Waals surface area contributed by atoms with Gasteiger partial charge in [0.1, 0.15) is 5.60 Å². The number of hydrogen-bond acceptors (Lipinski definition) is 5. The molecule has 0 bridgehead atoms. The van der Waals surface area contributed by atoms with E-state index in [2.05, 4.69) is 5.32 Å². The monoisotopic (exact) mass is 349 g/mol. The smallest absolute Gasteiger partial charge is 0.410 e. The molecule has 0 spiro atoms. The van der Waals surface area contributed by atoms with Crippen molar-refractivity contribution >= 4 is 17.5 Å². The number of nitrogens with two attached hydrogens (primary N) is 1. The zero-order valence-electron chi connectivity index (χ0n) is 16.0. The quantitative estimate of drug-likeness (QED) is 0.727. The minimum absolute atomic E-state index is 0.315. The summed E-state index contributed by atoms with van der Waals surface area (Å²) in [5, 5.41) is 13.5. The van der Waals surface area contributed by atoms with Crippen LogP contribution < -0.4 is 11.1 Å². The second-order valence-corrected chi connectivity index (χ2v) is 8.02. The van der Waals surface area contributed by atoms with E-state index >= 15 is 0 Å². The van der Waals surface area contributed by atoms with E-state index in [-0.39, 0.29) is 6.09 Å². The van der Waals surface area contributed by atoms with Crippen molar-refractivity contribution in [3.63, 3.8) is 0 Å². The minimum Gasteiger partial charge on any atom is -0.444 e. The molecule has 0 fully saturated rings. The predicted octanol–water partition coefficient (Wildman–Crippen LogP) is 3.13. The van der Waals surface area contributed by atoms with Gasteiger partial charge in [-0.3, -0.25) is 0 Å². The molecule has 1 aromatic rings. The van der Waals surface area contributed by atoms with Crippen LogP contribution in [0.1, 0.15) is 52.2 Å². The number of anilines is 2. The lowest BCUT2D eigenvalue weighted by Gasteiger charge is -2.33. The van der Waals surface area contributed by atoms with E-state index in [1.807, 2.05) is 46.8 Å². The van der Waals surface area contributed by atoms with Crippen LogP contribution in [0.5, 0.6) is 0 Å². The Morgan fingerprint density at radius 3 is 2.60 bits per heavy atom. The lowest BCUT2D eigenvalue weighted by Crippen LogP contribution is -2.40. The zero-order chi connectivity index (χ0) is 18.8. The van der Waals surface area contributed by atoms with Gasteiger partial charge in [0.2, 0.25) is 0 Å². The zero-order valence-corrected chi connectivity index (χ0v) is 16.0. The molecule has 25 heavy (non-hydrogen) atoms. The Morgan fingerprint density at radius 2 is 2.00 bits per heavy atom. The number of ether oxygens (including phenoxy) is 1. The number of aliphatic hydroxyl groups is 1. The number of hydrogen-bond donors (Lipinski definition) is 3. The number of nitrogens with zero attached hydrogens (tertiary/aromatic N) is 1. The second kappa shape index (κ2) is 7.12. The third-order valence-electron chi connectivity index (χ3n) is 4.52. The van der Waals surface area contributed by atoms with E-state index < -0.39 is 11.2 Å². The number of fused-ring (bicyclic) bond motifs is 1. The number of carbonyl (C=O) groups is 1. The van der Waals surface area contributed by atoms with Crippen LogP contribution in [0.2, 0.25) is 0 Å². The number of carbonyl (C=O) groups excluding carboxylic acids is 1. The van der Waals surface area contributed by atoms with Gasteiger partial charge in [-0.25, -0.2) is 4.79 Å². The number of rotatable bonds is 4. The maximum absolute atomic E-state index is 12.3. The highest BCUT2D eigenvalue weighted by Crippen LogP contribution is 2.31. The van der Waals surface area contributed by atoms with Crippen LogP contribution in [0, 0.1) is 0 Å². The molecule has 1 amide bonds. The molecule has 1 atom stereocenters. The average molecular weight is 349 g/mol. The molecule has 140 valence electrons. The first kappa shape index (κ1) is 19.4. The summed E-state index contributed by atoms with van der Waals surface area (Å²) < 4.78 is 5.47. The molecular weight excluding hydrogens is 318 g/mol. The summed E-state index contributed by atoms with van der Waals surface area (Å²) in [5.74, 6) is 0. The summed E-state index contributed by atoms with van der Waals surface area (Å²) in [6.45, 7) is 10.8. The van der Waals surface area contributed by atoms with E-state index in [1.165, 1.54) is 0 Å². The van der Waals surface area contributed by atoms with E-state index in [9.17, 15) is 9.90 Å². The summed E-state index contributed by atoms with van der Waals surface area (Å²) in [6, 6.07) is 3.80. The molecule has 1 aromatic carbocycles. The second-order valence-electron chi connectivity index (χ2n) is 8.02. The molecule has 0 aliphatic carbocycles. The third-order valence-corrected chi connectivity index (χ3v) is 4.52. The van der Waals surface area contributed by atoms with Crippen molar-refractivity contribution in [1.29, 1.82) is 0 Å². The summed E-state index contributed by atoms with van der Waals surface area (Å²) in [4.78, 5) is 14.0. The Labute approximate surface area is 150 Å². The van der Waals surface area contributed by atoms with Crippen molar-refractivity contribution in [2.24, 2.45) is 0 Å². The van der Waals surface area contributed by atoms with Gasteiger partial charge in [-0.1, -0.05) is 6.92 Å². The van der Waals surface area contributed by atoms with Crippen molar-refractivity contribution in [2.75, 3.05) is 24.1 Å². The molecule has 0 radical (unpaired) electrons. The molecule has 1 heterocycles. The normalized spacial score (nSPS) is 16.8. The van der Waals surface area contributed by atoms with Crippen molar-refractivity contribution in [1.82, 2.24) is 4.90 Å². The highest BCUT2D eigenvalue weighted by molar-refractivity contribution is 5.71. The van der Waals surface area contributed by atoms with Crippen LogP contribution in [-0.2, 0) is 17.7 Å². The van der Waals surface area contributed by atoms with Crippen LogP contribution in [0.4, 0.5) is 16.2 Å². The first-order valence-electron chi connectivity index (χ1n) is 8.87. The topological polar surface area (TPSA) is 87.8 Å². The molecule has 4 N–H and O–H groups in total. The molecule has 1 aliphatic rings. The molecule has 1 aliphatic heterocycles. The summed E-state index contributed by atoms with van der Waals surface area (Å²) in [5.41, 5.74) is 8.60. The van der Waals surface area contributed by atoms with Crippen LogP contribution in [0.25, 0.3) is 0 Å². The van der Waals surface area contributed by atoms with E-state index in [1.54, 1.807) is 4.90 Å². The van der Waals surface area contributed by atoms with E-state index in [4.69, 9.17) is 10.5 Å². The van der Waals surface area contributed by atoms with Gasteiger partial charge in [-0.05, 0) is 63.8 Å². The number of benzene rings is 1. The Kier molecular flexibility index (Phi) is 5.52. The number of nitrogens with one attached hydrogen (secondary N) is 1. The molecule has 6 heteroatoms. The molecule has 0 saturated carbocycles. The van der Waals surface area contributed by atoms with E-state index in [0.717, 1.165) is 16.8 Å². The predicted molar refractivity (Wildman–Crippen MR) is 101 cm³/mol. The van der Waals surface area contributed by atoms with Gasteiger partial charge in [0.25, 0.3) is 0 Å². The molecule has 0 aromatic heterocycles. The fourth-order valence-electron chi connectivity index (χ4n) is 2.76. The Bertz CT molecular complexity index is 636. The van der Waals surface area contributed by atoms with Crippen LogP contribution >= 0.6 is 0 Å². The average Bonchev–Trinajstić information content (AvgIpc) is 2.52. The lowest BCUT2D eigenvalue weighted by molar-refractivity contribution is 0.0224. The lowest BCUT2D eigenvalue weighted by atomic mass is 9.95. The van der Waals surface area contributed by atoms with Crippen LogP contribution in [0.15, 0.2) is 12.1 Å². The minimum atomic E-state index is -0.758. The summed E-state index contributed by atoms with van der Waals surface area (Å²) in [7, 11) is 0. The first-order valence-corrected chi connectivity index (χ1v) is 8.87. The summed E-state index contributed by atoms with van der Waals surface area (Å²) in [6.07, 6.45) is 1.06. The molecule has 6 nitrogen and oxygen atoms in total. The molecule has 2 rings (SSSR count). The van der Waals surface area contributed by atoms with Crippen LogP contribution in [0.3, 0.4) is 0 Å².